The number of nitrogens with zero attached hydrogens (tertiary/aromatic N) is 7. The summed E-state index contributed by atoms with van der Waals surface area (Å²) in [4.78, 5) is 134. The normalized spacial score (nSPS) is 14.8. The summed E-state index contributed by atoms with van der Waals surface area (Å²) >= 11 is 0. The predicted octanol–water partition coefficient (Wildman–Crippen LogP) is 4.16. The van der Waals surface area contributed by atoms with E-state index in [-0.39, 0.29) is 148 Å². The number of carbonyl (C=O) groups is 7. The molecule has 2 heterocycles. The molecule has 3 aromatic rings. The van der Waals surface area contributed by atoms with Crippen LogP contribution in [0.5, 0.6) is 0 Å². The highest BCUT2D eigenvalue weighted by molar-refractivity contribution is 5.94. The van der Waals surface area contributed by atoms with E-state index in [4.69, 9.17) is 38.0 Å². The van der Waals surface area contributed by atoms with Crippen molar-refractivity contribution in [2.45, 2.75) is 131 Å². The molecule has 1 saturated heterocycles. The van der Waals surface area contributed by atoms with E-state index in [9.17, 15) is 48.5 Å². The second kappa shape index (κ2) is 37.9. The Balaban J connectivity index is 1.49. The lowest BCUT2D eigenvalue weighted by atomic mass is 10.1. The summed E-state index contributed by atoms with van der Waals surface area (Å²) in [6.45, 7) is 24.4. The molecule has 3 amide bonds. The van der Waals surface area contributed by atoms with Crippen LogP contribution in [0.4, 0.5) is 5.69 Å². The first-order chi connectivity index (χ1) is 43.2. The highest BCUT2D eigenvalue weighted by Gasteiger charge is 2.34. The smallest absolute Gasteiger partial charge is 0.323 e. The zero-order valence-electron chi connectivity index (χ0n) is 56.0. The van der Waals surface area contributed by atoms with Crippen molar-refractivity contribution in [3.05, 3.63) is 110 Å². The third kappa shape index (κ3) is 31.8. The standard InChI is InChI=1S/C65H99N9O18/c1-62(2,3)89-56(77)45-68-30-32-69(46-57(78)90-63(4,5)6)34-36-71(37-35-70(33-31-68)47-58(79)91-64(7,8)9)53(61(82)92-65(10,11)12)25-26-54(75)66-27-29-72(60(81)52-19-16-20-55(76)73(52)88-48-49-17-14-13-15-18-49)38-40-86-42-44-87-43-41-85-39-28-67-59(80)50-21-23-51(24-22-50)74(83)84/h13-24,53H,25-48H2,1-12H3,(H,66,75)(H,67,80). The molecule has 1 unspecified atom stereocenters. The maximum Gasteiger partial charge on any atom is 0.323 e. The molecular weight excluding hydrogens is 1190 g/mol. The summed E-state index contributed by atoms with van der Waals surface area (Å²) in [6, 6.07) is 17.6. The monoisotopic (exact) mass is 1290 g/mol. The van der Waals surface area contributed by atoms with Gasteiger partial charge in [0.25, 0.3) is 23.1 Å². The van der Waals surface area contributed by atoms with E-state index in [2.05, 4.69) is 10.6 Å². The Morgan fingerprint density at radius 1 is 0.554 bits per heavy atom. The summed E-state index contributed by atoms with van der Waals surface area (Å²) in [7, 11) is 0. The number of esters is 4. The van der Waals surface area contributed by atoms with Crippen LogP contribution >= 0.6 is 0 Å². The number of rotatable bonds is 32. The van der Waals surface area contributed by atoms with Gasteiger partial charge in [0.15, 0.2) is 0 Å². The molecule has 1 fully saturated rings. The Morgan fingerprint density at radius 2 is 1.03 bits per heavy atom. The van der Waals surface area contributed by atoms with E-state index in [1.54, 1.807) is 83.1 Å². The summed E-state index contributed by atoms with van der Waals surface area (Å²) in [5.41, 5.74) is -2.90. The maximum absolute atomic E-state index is 14.5. The summed E-state index contributed by atoms with van der Waals surface area (Å²) in [6.07, 6.45) is -0.162. The number of nitrogens with one attached hydrogen (secondary N) is 2. The fraction of sp³-hybridized carbons (Fsp3) is 0.631. The van der Waals surface area contributed by atoms with Crippen LogP contribution in [0.2, 0.25) is 0 Å². The topological polar surface area (TPSA) is 299 Å². The maximum atomic E-state index is 14.5. The first-order valence-electron chi connectivity index (χ1n) is 31.2. The SMILES string of the molecule is CC(C)(C)OC(=O)CN1CCN(CC(=O)OC(C)(C)C)CCN(C(CCC(=O)NCCN(CCOCCOCCOCCNC(=O)c2ccc([N+](=O)[O-])cc2)C(=O)c2cccc(=O)n2OCc2ccccc2)C(=O)OC(C)(C)C)CCN(CC(=O)OC(C)(C)C)CC1. The van der Waals surface area contributed by atoms with E-state index in [0.29, 0.717) is 26.2 Å². The lowest BCUT2D eigenvalue weighted by Gasteiger charge is -2.37. The van der Waals surface area contributed by atoms with Crippen molar-refractivity contribution in [1.29, 1.82) is 0 Å². The second-order valence-corrected chi connectivity index (χ2v) is 26.1. The van der Waals surface area contributed by atoms with Crippen molar-refractivity contribution in [2.75, 3.05) is 138 Å². The number of nitro benzene ring substituents is 1. The first kappa shape index (κ1) is 77.1. The zero-order chi connectivity index (χ0) is 68.1. The molecule has 0 saturated carbocycles. The average Bonchev–Trinajstić information content (AvgIpc) is 0.921. The van der Waals surface area contributed by atoms with Gasteiger partial charge in [-0.05, 0) is 113 Å². The van der Waals surface area contributed by atoms with Crippen LogP contribution in [0.25, 0.3) is 0 Å². The largest absolute Gasteiger partial charge is 0.459 e. The molecule has 92 heavy (non-hydrogen) atoms. The van der Waals surface area contributed by atoms with Crippen LogP contribution in [0.3, 0.4) is 0 Å². The second-order valence-electron chi connectivity index (χ2n) is 26.1. The van der Waals surface area contributed by atoms with Gasteiger partial charge >= 0.3 is 23.9 Å². The lowest BCUT2D eigenvalue weighted by Crippen LogP contribution is -2.53. The van der Waals surface area contributed by atoms with Gasteiger partial charge in [0.1, 0.15) is 40.7 Å². The van der Waals surface area contributed by atoms with E-state index >= 15 is 0 Å². The molecule has 1 aliphatic heterocycles. The Morgan fingerprint density at radius 3 is 1.52 bits per heavy atom. The van der Waals surface area contributed by atoms with Crippen molar-refractivity contribution >= 4 is 47.3 Å². The molecule has 0 spiro atoms. The number of benzene rings is 2. The quantitative estimate of drug-likeness (QED) is 0.0291. The molecule has 0 radical (unpaired) electrons. The Bertz CT molecular complexity index is 2840. The number of hydrogen-bond acceptors (Lipinski definition) is 22. The molecule has 0 bridgehead atoms. The van der Waals surface area contributed by atoms with Gasteiger partial charge in [-0.1, -0.05) is 36.4 Å². The van der Waals surface area contributed by atoms with Crippen LogP contribution in [0.1, 0.15) is 122 Å². The summed E-state index contributed by atoms with van der Waals surface area (Å²) in [5, 5.41) is 16.5. The van der Waals surface area contributed by atoms with Crippen molar-refractivity contribution in [3.8, 4) is 0 Å². The fourth-order valence-corrected chi connectivity index (χ4v) is 9.26. The predicted molar refractivity (Wildman–Crippen MR) is 342 cm³/mol. The van der Waals surface area contributed by atoms with Gasteiger partial charge in [0.05, 0.1) is 64.2 Å². The molecule has 2 N–H and O–H groups in total. The Hall–Kier alpha value is -7.40. The molecule has 1 atom stereocenters. The summed E-state index contributed by atoms with van der Waals surface area (Å²) in [5.74, 6) is -3.35. The number of non-ortho nitro benzene ring substituents is 1. The van der Waals surface area contributed by atoms with Crippen molar-refractivity contribution in [2.24, 2.45) is 0 Å². The van der Waals surface area contributed by atoms with Gasteiger partial charge in [0.2, 0.25) is 5.91 Å². The number of nitro groups is 1. The lowest BCUT2D eigenvalue weighted by molar-refractivity contribution is -0.384. The highest BCUT2D eigenvalue weighted by atomic mass is 16.7. The third-order valence-electron chi connectivity index (χ3n) is 13.4. The van der Waals surface area contributed by atoms with Crippen LogP contribution in [0.15, 0.2) is 77.6 Å². The highest BCUT2D eigenvalue weighted by Crippen LogP contribution is 2.19. The average molecular weight is 1290 g/mol. The van der Waals surface area contributed by atoms with Gasteiger partial charge in [-0.25, -0.2) is 0 Å². The van der Waals surface area contributed by atoms with E-state index in [1.807, 2.05) is 49.9 Å². The number of ether oxygens (including phenoxy) is 7. The van der Waals surface area contributed by atoms with Crippen LogP contribution < -0.4 is 21.0 Å². The molecule has 1 aliphatic rings. The minimum absolute atomic E-state index is 0.00732. The third-order valence-corrected chi connectivity index (χ3v) is 13.4. The minimum Gasteiger partial charge on any atom is -0.459 e. The molecule has 27 nitrogen and oxygen atoms in total. The number of aromatic nitrogens is 1. The molecule has 4 rings (SSSR count). The number of hydrogen-bond donors (Lipinski definition) is 2. The van der Waals surface area contributed by atoms with Crippen LogP contribution in [0, 0.1) is 10.1 Å². The van der Waals surface area contributed by atoms with E-state index in [1.165, 1.54) is 47.4 Å². The van der Waals surface area contributed by atoms with Gasteiger partial charge in [-0.3, -0.25) is 68.1 Å². The number of amides is 3. The van der Waals surface area contributed by atoms with Crippen molar-refractivity contribution in [1.82, 2.24) is 39.9 Å². The fourth-order valence-electron chi connectivity index (χ4n) is 9.26. The van der Waals surface area contributed by atoms with E-state index < -0.39 is 80.5 Å². The van der Waals surface area contributed by atoms with Gasteiger partial charge in [-0.2, -0.15) is 0 Å². The zero-order valence-corrected chi connectivity index (χ0v) is 56.0. The minimum atomic E-state index is -0.993. The molecular formula is C65H99N9O18. The Kier molecular flexibility index (Phi) is 31.8. The van der Waals surface area contributed by atoms with E-state index in [0.717, 1.165) is 10.3 Å². The van der Waals surface area contributed by atoms with Crippen molar-refractivity contribution in [3.63, 3.8) is 0 Å². The van der Waals surface area contributed by atoms with Crippen LogP contribution in [-0.2, 0) is 63.7 Å². The van der Waals surface area contributed by atoms with Gasteiger partial charge < -0.3 is 53.5 Å². The molecule has 512 valence electrons. The van der Waals surface area contributed by atoms with Crippen LogP contribution in [-0.4, -0.2) is 242 Å². The first-order valence-corrected chi connectivity index (χ1v) is 31.2. The molecule has 0 aliphatic carbocycles. The molecule has 27 heteroatoms. The molecule has 2 aromatic carbocycles. The molecule has 1 aromatic heterocycles. The number of carbonyl (C=O) groups excluding carboxylic acids is 7. The van der Waals surface area contributed by atoms with Gasteiger partial charge in [0, 0.05) is 109 Å². The van der Waals surface area contributed by atoms with Gasteiger partial charge in [-0.15, -0.1) is 4.73 Å². The van der Waals surface area contributed by atoms with Crippen molar-refractivity contribution < 1.29 is 76.5 Å². The number of pyridine rings is 1. The summed E-state index contributed by atoms with van der Waals surface area (Å²) < 4.78 is 41.2. The Labute approximate surface area is 540 Å².